The molecule has 1 unspecified atom stereocenters. The number of benzene rings is 2. The molecule has 0 fully saturated rings. The molecule has 2 rings (SSSR count). The van der Waals surface area contributed by atoms with Gasteiger partial charge in [-0.1, -0.05) is 12.1 Å². The van der Waals surface area contributed by atoms with E-state index in [1.807, 2.05) is 0 Å². The minimum Gasteiger partial charge on any atom is -0.480 e. The van der Waals surface area contributed by atoms with Crippen molar-refractivity contribution in [3.05, 3.63) is 68.3 Å². The van der Waals surface area contributed by atoms with Gasteiger partial charge in [0, 0.05) is 17.5 Å². The van der Waals surface area contributed by atoms with Gasteiger partial charge in [-0.3, -0.25) is 20.2 Å². The first-order valence-electron chi connectivity index (χ1n) is 9.24. The number of hydrogen-bond acceptors (Lipinski definition) is 10. The maximum Gasteiger partial charge on any atom is 0.340 e. The smallest absolute Gasteiger partial charge is 0.340 e. The van der Waals surface area contributed by atoms with Gasteiger partial charge in [0.1, 0.15) is 11.7 Å². The Morgan fingerprint density at radius 3 is 2.47 bits per heavy atom. The van der Waals surface area contributed by atoms with Gasteiger partial charge in [0.2, 0.25) is 0 Å². The summed E-state index contributed by atoms with van der Waals surface area (Å²) >= 11 is 1.18. The normalized spacial score (nSPS) is 11.3. The number of carbonyl (C=O) groups is 2. The van der Waals surface area contributed by atoms with Crippen LogP contribution in [-0.4, -0.2) is 51.2 Å². The highest BCUT2D eigenvalue weighted by Gasteiger charge is 2.24. The highest BCUT2D eigenvalue weighted by molar-refractivity contribution is 7.99. The summed E-state index contributed by atoms with van der Waals surface area (Å²) in [6.45, 7) is 1.92. The summed E-state index contributed by atoms with van der Waals surface area (Å²) in [6.07, 6.45) is 0. The van der Waals surface area contributed by atoms with E-state index in [-0.39, 0.29) is 23.9 Å². The van der Waals surface area contributed by atoms with E-state index in [1.54, 1.807) is 31.2 Å². The van der Waals surface area contributed by atoms with Gasteiger partial charge in [-0.2, -0.15) is 0 Å². The molecule has 0 spiro atoms. The Hall–Kier alpha value is -3.87. The first-order valence-corrected chi connectivity index (χ1v) is 10.4. The number of para-hydroxylation sites is 1. The molecule has 32 heavy (non-hydrogen) atoms. The Morgan fingerprint density at radius 2 is 1.84 bits per heavy atom. The third kappa shape index (κ3) is 6.57. The van der Waals surface area contributed by atoms with Crippen LogP contribution in [0.15, 0.2) is 42.5 Å². The molecule has 2 aromatic rings. The number of nitrogens with one attached hydrogen (secondary N) is 2. The van der Waals surface area contributed by atoms with Crippen molar-refractivity contribution < 1.29 is 29.3 Å². The number of nitro benzene ring substituents is 2. The van der Waals surface area contributed by atoms with E-state index >= 15 is 0 Å². The molecule has 0 aliphatic carbocycles. The quantitative estimate of drug-likeness (QED) is 0.138. The summed E-state index contributed by atoms with van der Waals surface area (Å²) in [7, 11) is 0. The number of non-ortho nitro benzene ring substituents is 1. The molecule has 3 N–H and O–H groups in total. The Morgan fingerprint density at radius 1 is 1.12 bits per heavy atom. The third-order valence-electron chi connectivity index (χ3n) is 4.09. The van der Waals surface area contributed by atoms with Gasteiger partial charge < -0.3 is 20.5 Å². The molecule has 0 radical (unpaired) electrons. The number of ether oxygens (including phenoxy) is 1. The lowest BCUT2D eigenvalue weighted by atomic mass is 10.2. The van der Waals surface area contributed by atoms with Crippen molar-refractivity contribution in [1.29, 1.82) is 0 Å². The summed E-state index contributed by atoms with van der Waals surface area (Å²) in [4.78, 5) is 44.1. The average molecular weight is 464 g/mol. The molecule has 2 aromatic carbocycles. The molecule has 0 bridgehead atoms. The van der Waals surface area contributed by atoms with Gasteiger partial charge in [-0.25, -0.2) is 9.59 Å². The van der Waals surface area contributed by atoms with Crippen molar-refractivity contribution in [2.75, 3.05) is 28.9 Å². The predicted molar refractivity (Wildman–Crippen MR) is 118 cm³/mol. The number of nitro groups is 2. The molecular weight excluding hydrogens is 444 g/mol. The number of carboxylic acid groups (broad SMARTS) is 1. The zero-order valence-electron chi connectivity index (χ0n) is 16.8. The maximum absolute atomic E-state index is 12.0. The molecule has 0 aliphatic rings. The number of thioether (sulfide) groups is 1. The largest absolute Gasteiger partial charge is 0.480 e. The summed E-state index contributed by atoms with van der Waals surface area (Å²) in [5, 5.41) is 37.1. The van der Waals surface area contributed by atoms with Gasteiger partial charge in [-0.05, 0) is 25.1 Å². The molecule has 0 aliphatic heterocycles. The number of carboxylic acids is 1. The predicted octanol–water partition coefficient (Wildman–Crippen LogP) is 3.35. The minimum atomic E-state index is -1.25. The Kier molecular flexibility index (Phi) is 8.77. The van der Waals surface area contributed by atoms with Crippen LogP contribution < -0.4 is 10.6 Å². The molecule has 0 saturated heterocycles. The number of rotatable bonds is 12. The SMILES string of the molecule is CCOC(=O)c1ccccc1NCSCC(Nc1ccc([N+](=O)[O-])cc1[N+](=O)[O-])C(=O)O. The van der Waals surface area contributed by atoms with Crippen molar-refractivity contribution in [2.24, 2.45) is 0 Å². The summed E-state index contributed by atoms with van der Waals surface area (Å²) in [5.74, 6) is -1.49. The maximum atomic E-state index is 12.0. The average Bonchev–Trinajstić information content (AvgIpc) is 2.75. The topological polar surface area (TPSA) is 174 Å². The van der Waals surface area contributed by atoms with E-state index in [0.29, 0.717) is 11.3 Å². The van der Waals surface area contributed by atoms with Gasteiger partial charge >= 0.3 is 11.9 Å². The Balaban J connectivity index is 2.03. The molecule has 0 saturated carbocycles. The highest BCUT2D eigenvalue weighted by atomic mass is 32.2. The fourth-order valence-electron chi connectivity index (χ4n) is 2.60. The van der Waals surface area contributed by atoms with E-state index in [9.17, 15) is 34.9 Å². The van der Waals surface area contributed by atoms with Crippen LogP contribution in [0.1, 0.15) is 17.3 Å². The number of nitrogens with zero attached hydrogens (tertiary/aromatic N) is 2. The van der Waals surface area contributed by atoms with E-state index in [1.165, 1.54) is 11.8 Å². The van der Waals surface area contributed by atoms with E-state index in [4.69, 9.17) is 4.74 Å². The molecular formula is C19H20N4O8S. The zero-order chi connectivity index (χ0) is 23.7. The third-order valence-corrected chi connectivity index (χ3v) is 5.01. The molecule has 0 aromatic heterocycles. The van der Waals surface area contributed by atoms with Gasteiger partial charge in [0.15, 0.2) is 0 Å². The van der Waals surface area contributed by atoms with Crippen LogP contribution in [-0.2, 0) is 9.53 Å². The fourth-order valence-corrected chi connectivity index (χ4v) is 3.44. The van der Waals surface area contributed by atoms with Crippen LogP contribution in [0.2, 0.25) is 0 Å². The zero-order valence-corrected chi connectivity index (χ0v) is 17.7. The second-order valence-electron chi connectivity index (χ2n) is 6.21. The van der Waals surface area contributed by atoms with Crippen molar-refractivity contribution in [3.8, 4) is 0 Å². The highest BCUT2D eigenvalue weighted by Crippen LogP contribution is 2.30. The van der Waals surface area contributed by atoms with Gasteiger partial charge in [0.25, 0.3) is 11.4 Å². The lowest BCUT2D eigenvalue weighted by molar-refractivity contribution is -0.393. The lowest BCUT2D eigenvalue weighted by Gasteiger charge is -2.16. The van der Waals surface area contributed by atoms with Gasteiger partial charge in [-0.15, -0.1) is 11.8 Å². The molecule has 12 nitrogen and oxygen atoms in total. The molecule has 1 atom stereocenters. The monoisotopic (exact) mass is 464 g/mol. The van der Waals surface area contributed by atoms with Crippen LogP contribution in [0.5, 0.6) is 0 Å². The van der Waals surface area contributed by atoms with Crippen molar-refractivity contribution in [1.82, 2.24) is 0 Å². The second-order valence-corrected chi connectivity index (χ2v) is 7.24. The number of esters is 1. The number of anilines is 2. The first-order chi connectivity index (χ1) is 15.2. The fraction of sp³-hybridized carbons (Fsp3) is 0.263. The molecule has 0 heterocycles. The van der Waals surface area contributed by atoms with Crippen molar-refractivity contribution in [3.63, 3.8) is 0 Å². The Labute approximate surface area is 186 Å². The molecule has 13 heteroatoms. The van der Waals surface area contributed by atoms with Crippen LogP contribution in [0.25, 0.3) is 0 Å². The summed E-state index contributed by atoms with van der Waals surface area (Å²) < 4.78 is 4.99. The number of carbonyl (C=O) groups excluding carboxylic acids is 1. The first kappa shape index (κ1) is 24.4. The number of aliphatic carboxylic acids is 1. The van der Waals surface area contributed by atoms with E-state index < -0.39 is 39.2 Å². The summed E-state index contributed by atoms with van der Waals surface area (Å²) in [5.41, 5.74) is -0.368. The van der Waals surface area contributed by atoms with Crippen molar-refractivity contribution in [2.45, 2.75) is 13.0 Å². The minimum absolute atomic E-state index is 0.0120. The van der Waals surface area contributed by atoms with E-state index in [0.717, 1.165) is 18.2 Å². The summed E-state index contributed by atoms with van der Waals surface area (Å²) in [6, 6.07) is 8.40. The molecule has 170 valence electrons. The van der Waals surface area contributed by atoms with Crippen LogP contribution in [0.3, 0.4) is 0 Å². The number of hydrogen-bond donors (Lipinski definition) is 3. The van der Waals surface area contributed by atoms with Crippen LogP contribution in [0, 0.1) is 20.2 Å². The Bertz CT molecular complexity index is 1020. The second kappa shape index (κ2) is 11.5. The molecule has 0 amide bonds. The van der Waals surface area contributed by atoms with E-state index in [2.05, 4.69) is 10.6 Å². The lowest BCUT2D eigenvalue weighted by Crippen LogP contribution is -2.32. The standard InChI is InChI=1S/C19H20N4O8S/c1-2-31-19(26)13-5-3-4-6-14(13)20-11-32-10-16(18(24)25)21-15-8-7-12(22(27)28)9-17(15)23(29)30/h3-9,16,20-21H,2,10-11H2,1H3,(H,24,25). The van der Waals surface area contributed by atoms with Crippen molar-refractivity contribution >= 4 is 46.5 Å². The van der Waals surface area contributed by atoms with Gasteiger partial charge in [0.05, 0.1) is 34.0 Å². The van der Waals surface area contributed by atoms with Crippen LogP contribution in [0.4, 0.5) is 22.7 Å². The van der Waals surface area contributed by atoms with Crippen LogP contribution >= 0.6 is 11.8 Å².